The Morgan fingerprint density at radius 3 is 2.14 bits per heavy atom. The van der Waals surface area contributed by atoms with E-state index in [2.05, 4.69) is 5.32 Å². The van der Waals surface area contributed by atoms with E-state index in [0.717, 1.165) is 53.1 Å². The first-order valence-corrected chi connectivity index (χ1v) is 16.8. The fraction of sp³-hybridized carbons (Fsp3) is 0.412. The zero-order valence-electron chi connectivity index (χ0n) is 25.5. The van der Waals surface area contributed by atoms with Crippen LogP contribution in [-0.4, -0.2) is 43.8 Å². The molecule has 7 nitrogen and oxygen atoms in total. The van der Waals surface area contributed by atoms with E-state index in [4.69, 9.17) is 11.6 Å². The summed E-state index contributed by atoms with van der Waals surface area (Å²) in [4.78, 5) is 29.6. The lowest BCUT2D eigenvalue weighted by atomic mass is 9.95. The third-order valence-corrected chi connectivity index (χ3v) is 10.2. The second-order valence-electron chi connectivity index (χ2n) is 11.6. The van der Waals surface area contributed by atoms with E-state index < -0.39 is 28.5 Å². The highest BCUT2D eigenvalue weighted by molar-refractivity contribution is 7.92. The van der Waals surface area contributed by atoms with Crippen LogP contribution in [-0.2, 0) is 26.2 Å². The monoisotopic (exact) mass is 623 g/mol. The Balaban J connectivity index is 1.74. The smallest absolute Gasteiger partial charge is 0.264 e. The van der Waals surface area contributed by atoms with Gasteiger partial charge in [0.05, 0.1) is 10.6 Å². The van der Waals surface area contributed by atoms with Crippen molar-refractivity contribution < 1.29 is 18.0 Å². The minimum Gasteiger partial charge on any atom is -0.352 e. The van der Waals surface area contributed by atoms with Gasteiger partial charge in [0.2, 0.25) is 11.8 Å². The molecule has 0 aliphatic heterocycles. The van der Waals surface area contributed by atoms with Crippen molar-refractivity contribution in [3.63, 3.8) is 0 Å². The van der Waals surface area contributed by atoms with Crippen LogP contribution in [0.2, 0.25) is 5.02 Å². The number of carbonyl (C=O) groups excluding carboxylic acids is 2. The number of anilines is 1. The Hall–Kier alpha value is -3.36. The van der Waals surface area contributed by atoms with E-state index in [0.29, 0.717) is 22.7 Å². The van der Waals surface area contributed by atoms with Crippen LogP contribution in [0.1, 0.15) is 67.7 Å². The molecule has 0 heterocycles. The van der Waals surface area contributed by atoms with Gasteiger partial charge in [0.1, 0.15) is 12.6 Å². The van der Waals surface area contributed by atoms with Crippen molar-refractivity contribution in [3.8, 4) is 0 Å². The first kappa shape index (κ1) is 32.6. The molecule has 9 heteroatoms. The molecule has 0 aromatic heterocycles. The summed E-state index contributed by atoms with van der Waals surface area (Å²) in [5, 5.41) is 3.64. The summed E-state index contributed by atoms with van der Waals surface area (Å²) < 4.78 is 29.4. The molecule has 0 saturated heterocycles. The first-order valence-electron chi connectivity index (χ1n) is 15.0. The highest BCUT2D eigenvalue weighted by Gasteiger charge is 2.34. The zero-order valence-corrected chi connectivity index (χ0v) is 27.0. The van der Waals surface area contributed by atoms with E-state index in [1.54, 1.807) is 48.5 Å². The number of amides is 2. The van der Waals surface area contributed by atoms with Gasteiger partial charge < -0.3 is 10.2 Å². The van der Waals surface area contributed by atoms with Crippen molar-refractivity contribution in [2.75, 3.05) is 10.8 Å². The molecule has 230 valence electrons. The molecular weight excluding hydrogens is 582 g/mol. The molecule has 4 rings (SSSR count). The van der Waals surface area contributed by atoms with Gasteiger partial charge in [-0.3, -0.25) is 13.9 Å². The van der Waals surface area contributed by atoms with Crippen LogP contribution < -0.4 is 9.62 Å². The molecule has 3 aromatic rings. The Morgan fingerprint density at radius 1 is 0.907 bits per heavy atom. The summed E-state index contributed by atoms with van der Waals surface area (Å²) in [7, 11) is -4.13. The van der Waals surface area contributed by atoms with E-state index in [-0.39, 0.29) is 23.4 Å². The third-order valence-electron chi connectivity index (χ3n) is 8.02. The molecule has 3 aromatic carbocycles. The van der Waals surface area contributed by atoms with Crippen LogP contribution in [0.5, 0.6) is 0 Å². The lowest BCUT2D eigenvalue weighted by Gasteiger charge is -2.34. The SMILES string of the molecule is CCC(C(=O)NC1CCCCC1)N(Cc1ccccc1Cl)C(=O)CN(c1cc(C)cc(C)c1)S(=O)(=O)c1ccc(C)cc1. The van der Waals surface area contributed by atoms with Crippen molar-refractivity contribution in [2.24, 2.45) is 0 Å². The number of sulfonamides is 1. The highest BCUT2D eigenvalue weighted by Crippen LogP contribution is 2.28. The van der Waals surface area contributed by atoms with Gasteiger partial charge in [0, 0.05) is 17.6 Å². The van der Waals surface area contributed by atoms with Gasteiger partial charge in [-0.1, -0.05) is 79.7 Å². The number of hydrogen-bond acceptors (Lipinski definition) is 4. The van der Waals surface area contributed by atoms with Gasteiger partial charge in [0.15, 0.2) is 0 Å². The van der Waals surface area contributed by atoms with Crippen LogP contribution in [0.15, 0.2) is 71.6 Å². The predicted octanol–water partition coefficient (Wildman–Crippen LogP) is 6.72. The Kier molecular flexibility index (Phi) is 10.9. The highest BCUT2D eigenvalue weighted by atomic mass is 35.5. The van der Waals surface area contributed by atoms with Gasteiger partial charge in [-0.2, -0.15) is 0 Å². The van der Waals surface area contributed by atoms with Crippen LogP contribution in [0.25, 0.3) is 0 Å². The Bertz CT molecular complexity index is 1520. The molecule has 1 N–H and O–H groups in total. The van der Waals surface area contributed by atoms with E-state index in [1.165, 1.54) is 4.90 Å². The van der Waals surface area contributed by atoms with Crippen molar-refractivity contribution in [2.45, 2.75) is 89.7 Å². The summed E-state index contributed by atoms with van der Waals surface area (Å²) in [5.74, 6) is -0.713. The van der Waals surface area contributed by atoms with Gasteiger partial charge in [0.25, 0.3) is 10.0 Å². The maximum absolute atomic E-state index is 14.3. The summed E-state index contributed by atoms with van der Waals surface area (Å²) in [6, 6.07) is 18.5. The van der Waals surface area contributed by atoms with Gasteiger partial charge in [-0.05, 0) is 87.1 Å². The number of halogens is 1. The quantitative estimate of drug-likeness (QED) is 0.257. The first-order chi connectivity index (χ1) is 20.5. The van der Waals surface area contributed by atoms with Crippen LogP contribution in [0, 0.1) is 20.8 Å². The van der Waals surface area contributed by atoms with Crippen molar-refractivity contribution in [3.05, 3.63) is 94.0 Å². The second-order valence-corrected chi connectivity index (χ2v) is 13.8. The summed E-state index contributed by atoms with van der Waals surface area (Å²) >= 11 is 6.51. The average molecular weight is 624 g/mol. The molecule has 1 unspecified atom stereocenters. The number of hydrogen-bond donors (Lipinski definition) is 1. The fourth-order valence-electron chi connectivity index (χ4n) is 5.73. The van der Waals surface area contributed by atoms with Crippen molar-refractivity contribution in [1.82, 2.24) is 10.2 Å². The number of nitrogens with one attached hydrogen (secondary N) is 1. The molecule has 0 spiro atoms. The second kappa shape index (κ2) is 14.4. The minimum absolute atomic E-state index is 0.0698. The molecule has 1 fully saturated rings. The lowest BCUT2D eigenvalue weighted by molar-refractivity contribution is -0.140. The van der Waals surface area contributed by atoms with Crippen molar-refractivity contribution >= 4 is 39.1 Å². The largest absolute Gasteiger partial charge is 0.352 e. The number of carbonyl (C=O) groups is 2. The van der Waals surface area contributed by atoms with Crippen LogP contribution >= 0.6 is 11.6 Å². The summed E-state index contributed by atoms with van der Waals surface area (Å²) in [5.41, 5.74) is 3.74. The summed E-state index contributed by atoms with van der Waals surface area (Å²) in [6.07, 6.45) is 5.47. The van der Waals surface area contributed by atoms with E-state index in [1.807, 2.05) is 45.9 Å². The van der Waals surface area contributed by atoms with E-state index in [9.17, 15) is 18.0 Å². The minimum atomic E-state index is -4.13. The normalized spacial score (nSPS) is 14.6. The lowest BCUT2D eigenvalue weighted by Crippen LogP contribution is -2.54. The average Bonchev–Trinajstić information content (AvgIpc) is 2.96. The standard InChI is InChI=1S/C34H42ClN3O4S/c1-5-32(34(40)36-28-12-7-6-8-13-28)37(22-27-11-9-10-14-31(27)35)33(39)23-38(29-20-25(3)19-26(4)21-29)43(41,42)30-17-15-24(2)16-18-30/h9-11,14-21,28,32H,5-8,12-13,22-23H2,1-4H3,(H,36,40). The van der Waals surface area contributed by atoms with Gasteiger partial charge in [-0.25, -0.2) is 8.42 Å². The van der Waals surface area contributed by atoms with Gasteiger partial charge >= 0.3 is 0 Å². The summed E-state index contributed by atoms with van der Waals surface area (Å²) in [6.45, 7) is 7.13. The van der Waals surface area contributed by atoms with Crippen LogP contribution in [0.4, 0.5) is 5.69 Å². The molecule has 1 aliphatic rings. The maximum atomic E-state index is 14.3. The molecule has 1 saturated carbocycles. The maximum Gasteiger partial charge on any atom is 0.264 e. The zero-order chi connectivity index (χ0) is 31.1. The molecule has 0 bridgehead atoms. The van der Waals surface area contributed by atoms with Crippen LogP contribution in [0.3, 0.4) is 0 Å². The number of nitrogens with zero attached hydrogens (tertiary/aromatic N) is 2. The van der Waals surface area contributed by atoms with Crippen molar-refractivity contribution in [1.29, 1.82) is 0 Å². The van der Waals surface area contributed by atoms with E-state index >= 15 is 0 Å². The predicted molar refractivity (Wildman–Crippen MR) is 173 cm³/mol. The molecular formula is C34H42ClN3O4S. The number of benzene rings is 3. The number of aryl methyl sites for hydroxylation is 3. The van der Waals surface area contributed by atoms with Gasteiger partial charge in [-0.15, -0.1) is 0 Å². The molecule has 1 atom stereocenters. The molecule has 43 heavy (non-hydrogen) atoms. The fourth-order valence-corrected chi connectivity index (χ4v) is 7.33. The third kappa shape index (κ3) is 8.18. The molecule has 1 aliphatic carbocycles. The Morgan fingerprint density at radius 2 is 1.53 bits per heavy atom. The topological polar surface area (TPSA) is 86.8 Å². The Labute approximate surface area is 261 Å². The molecule has 0 radical (unpaired) electrons. The molecule has 2 amide bonds. The number of rotatable bonds is 11.